The Hall–Kier alpha value is -0.120. The van der Waals surface area contributed by atoms with Crippen LogP contribution in [0.25, 0.3) is 0 Å². The van der Waals surface area contributed by atoms with Crippen LogP contribution in [0.2, 0.25) is 0 Å². The minimum Gasteiger partial charge on any atom is -0.763 e. The average Bonchev–Trinajstić information content (AvgIpc) is 0.811. The van der Waals surface area contributed by atoms with Crippen LogP contribution in [0.5, 0.6) is 0 Å². The third-order valence-corrected chi connectivity index (χ3v) is 0. The van der Waals surface area contributed by atoms with E-state index in [2.05, 4.69) is 0 Å². The number of hydroxylamine groups is 2. The van der Waals surface area contributed by atoms with Crippen LogP contribution < -0.4 is 0 Å². The Morgan fingerprint density at radius 3 is 2.00 bits per heavy atom. The van der Waals surface area contributed by atoms with Gasteiger partial charge in [0.25, 0.3) is 0 Å². The summed E-state index contributed by atoms with van der Waals surface area (Å²) in [7, 11) is 1.00. The van der Waals surface area contributed by atoms with Gasteiger partial charge in [0.15, 0.2) is 0 Å². The van der Waals surface area contributed by atoms with Crippen LogP contribution in [-0.2, 0) is 0 Å². The molecule has 0 aromatic heterocycles. The molecule has 0 fully saturated rings. The van der Waals surface area contributed by atoms with Gasteiger partial charge >= 0.3 is 0 Å². The Balaban J connectivity index is 2.32. The average molecular weight is 62.0 g/mol. The van der Waals surface area contributed by atoms with E-state index in [1.165, 1.54) is 0 Å². The van der Waals surface area contributed by atoms with Crippen molar-refractivity contribution in [3.8, 4) is 0 Å². The molecule has 0 amide bonds. The van der Waals surface area contributed by atoms with Crippen molar-refractivity contribution in [2.24, 2.45) is 0 Å². The predicted molar refractivity (Wildman–Crippen MR) is 12.9 cm³/mol. The first kappa shape index (κ1) is 3.88. The summed E-state index contributed by atoms with van der Waals surface area (Å²) in [5, 5.41) is 16.0. The van der Waals surface area contributed by atoms with Crippen LogP contribution in [0.3, 0.4) is 0 Å². The van der Waals surface area contributed by atoms with E-state index in [0.29, 0.717) is 0 Å². The van der Waals surface area contributed by atoms with Crippen molar-refractivity contribution in [1.82, 2.24) is 5.23 Å². The fraction of sp³-hybridized carbons (Fsp3) is 1.00. The molecule has 0 aromatic rings. The van der Waals surface area contributed by atoms with E-state index in [9.17, 15) is 0 Å². The molecular weight excluding hydrogens is 58.0 g/mol. The highest BCUT2D eigenvalue weighted by atomic mass is 16.8. The first-order valence-corrected chi connectivity index (χ1v) is 0.830. The zero-order valence-corrected chi connectivity index (χ0v) is 2.30. The summed E-state index contributed by atoms with van der Waals surface area (Å²) in [5.74, 6) is 0. The van der Waals surface area contributed by atoms with E-state index in [0.717, 1.165) is 7.05 Å². The fourth-order valence-corrected chi connectivity index (χ4v) is 0. The van der Waals surface area contributed by atoms with Crippen LogP contribution in [0.4, 0.5) is 0 Å². The quantitative estimate of drug-likeness (QED) is 0.395. The largest absolute Gasteiger partial charge is 0.763 e. The second-order valence-corrected chi connectivity index (χ2v) is 0.464. The maximum Gasteiger partial charge on any atom is -0.00110 e. The van der Waals surface area contributed by atoms with Crippen molar-refractivity contribution in [3.63, 3.8) is 0 Å². The lowest BCUT2D eigenvalue weighted by molar-refractivity contribution is -0.0125. The molecule has 1 N–H and O–H groups in total. The molecule has 0 rings (SSSR count). The summed E-state index contributed by atoms with van der Waals surface area (Å²) in [5.41, 5.74) is 0. The van der Waals surface area contributed by atoms with Gasteiger partial charge in [-0.25, -0.2) is 0 Å². The summed E-state index contributed by atoms with van der Waals surface area (Å²) in [6.45, 7) is 0. The molecule has 0 saturated heterocycles. The second-order valence-electron chi connectivity index (χ2n) is 0.464. The maximum atomic E-state index is 8.92. The lowest BCUT2D eigenvalue weighted by Crippen LogP contribution is -1.97. The second kappa shape index (κ2) is 1.23. The zero-order valence-electron chi connectivity index (χ0n) is 2.30. The summed E-state index contributed by atoms with van der Waals surface area (Å²) < 4.78 is 0. The molecule has 3 heteroatoms. The van der Waals surface area contributed by atoms with Crippen LogP contribution in [0.1, 0.15) is 0 Å². The number of rotatable bonds is 0. The molecule has 0 spiro atoms. The van der Waals surface area contributed by atoms with Crippen molar-refractivity contribution in [2.45, 2.75) is 0 Å². The van der Waals surface area contributed by atoms with Gasteiger partial charge < -0.3 is 10.4 Å². The van der Waals surface area contributed by atoms with Crippen molar-refractivity contribution >= 4 is 0 Å². The van der Waals surface area contributed by atoms with Gasteiger partial charge in [-0.1, -0.05) is 0 Å². The summed E-state index contributed by atoms with van der Waals surface area (Å²) >= 11 is 0. The lowest BCUT2D eigenvalue weighted by Gasteiger charge is -2.08. The summed E-state index contributed by atoms with van der Waals surface area (Å²) in [6, 6.07) is 0. The molecule has 0 aliphatic rings. The van der Waals surface area contributed by atoms with Crippen molar-refractivity contribution in [2.75, 3.05) is 7.05 Å². The highest BCUT2D eigenvalue weighted by molar-refractivity contribution is 4.15. The maximum absolute atomic E-state index is 8.92. The van der Waals surface area contributed by atoms with E-state index in [4.69, 9.17) is 10.4 Å². The van der Waals surface area contributed by atoms with Crippen LogP contribution in [0, 0.1) is 5.21 Å². The highest BCUT2D eigenvalue weighted by Crippen LogP contribution is 1.51. The molecule has 0 aliphatic carbocycles. The van der Waals surface area contributed by atoms with Crippen LogP contribution >= 0.6 is 0 Å². The van der Waals surface area contributed by atoms with Gasteiger partial charge in [0.2, 0.25) is 0 Å². The minimum atomic E-state index is -0.250. The van der Waals surface area contributed by atoms with Gasteiger partial charge in [0.05, 0.1) is 0 Å². The summed E-state index contributed by atoms with van der Waals surface area (Å²) in [4.78, 5) is 0. The minimum absolute atomic E-state index is 0.250. The third-order valence-electron chi connectivity index (χ3n) is 0. The van der Waals surface area contributed by atoms with Gasteiger partial charge in [0, 0.05) is 0 Å². The monoisotopic (exact) mass is 62.0 g/mol. The molecule has 0 heterocycles. The van der Waals surface area contributed by atoms with Gasteiger partial charge in [-0.2, -0.15) is 0 Å². The zero-order chi connectivity index (χ0) is 3.58. The van der Waals surface area contributed by atoms with E-state index in [1.54, 1.807) is 0 Å². The Morgan fingerprint density at radius 1 is 2.00 bits per heavy atom. The molecule has 4 heavy (non-hydrogen) atoms. The standard InChI is InChI=1S/CH4NO2/c1-2(3)4/h3H,1H3/q-1. The third kappa shape index (κ3) is 101. The molecule has 0 aromatic carbocycles. The SMILES string of the molecule is CN([O-])O. The van der Waals surface area contributed by atoms with E-state index >= 15 is 0 Å². The number of nitrogens with zero attached hydrogens (tertiary/aromatic N) is 1. The van der Waals surface area contributed by atoms with Crippen LogP contribution in [-0.4, -0.2) is 17.5 Å². The number of hydrogen-bond donors (Lipinski definition) is 1. The Bertz CT molecular complexity index is 10.8. The summed E-state index contributed by atoms with van der Waals surface area (Å²) in [6.07, 6.45) is 0. The van der Waals surface area contributed by atoms with Gasteiger partial charge in [0.1, 0.15) is 0 Å². The fourth-order valence-electron chi connectivity index (χ4n) is 0. The molecule has 3 nitrogen and oxygen atoms in total. The van der Waals surface area contributed by atoms with Crippen molar-refractivity contribution in [1.29, 1.82) is 0 Å². The van der Waals surface area contributed by atoms with Crippen molar-refractivity contribution < 1.29 is 5.21 Å². The van der Waals surface area contributed by atoms with Gasteiger partial charge in [-0.15, -0.1) is 0 Å². The van der Waals surface area contributed by atoms with Crippen LogP contribution in [0.15, 0.2) is 0 Å². The molecule has 0 saturated carbocycles. The molecule has 0 unspecified atom stereocenters. The normalized spacial score (nSPS) is 9.00. The molecule has 26 valence electrons. The lowest BCUT2D eigenvalue weighted by atomic mass is 11.5. The molecule has 0 bridgehead atoms. The van der Waals surface area contributed by atoms with Crippen molar-refractivity contribution in [3.05, 3.63) is 5.21 Å². The highest BCUT2D eigenvalue weighted by Gasteiger charge is 1.44. The first-order chi connectivity index (χ1) is 1.73. The van der Waals surface area contributed by atoms with E-state index in [1.807, 2.05) is 0 Å². The first-order valence-electron chi connectivity index (χ1n) is 0.830. The molecule has 0 atom stereocenters. The van der Waals surface area contributed by atoms with Gasteiger partial charge in [-0.05, 0) is 7.05 Å². The number of hydrogen-bond acceptors (Lipinski definition) is 3. The Morgan fingerprint density at radius 2 is 2.00 bits per heavy atom. The van der Waals surface area contributed by atoms with E-state index < -0.39 is 0 Å². The topological polar surface area (TPSA) is 46.5 Å². The molecule has 0 aliphatic heterocycles. The smallest absolute Gasteiger partial charge is 0.00110 e. The predicted octanol–water partition coefficient (Wildman–Crippen LogP) is -0.195. The molecular formula is CH4NO2-. The van der Waals surface area contributed by atoms with Gasteiger partial charge in [-0.3, -0.25) is 5.23 Å². The Labute approximate surface area is 24.0 Å². The molecule has 0 radical (unpaired) electrons. The van der Waals surface area contributed by atoms with E-state index in [-0.39, 0.29) is 5.23 Å². The Kier molecular flexibility index (Phi) is 1.19.